The first kappa shape index (κ1) is 14.9. The average molecular weight is 290 g/mol. The van der Waals surface area contributed by atoms with E-state index in [4.69, 9.17) is 16.3 Å². The van der Waals surface area contributed by atoms with Gasteiger partial charge in [-0.25, -0.2) is 0 Å². The molecule has 2 aromatic carbocycles. The van der Waals surface area contributed by atoms with Crippen molar-refractivity contribution in [2.45, 2.75) is 19.9 Å². The molecule has 0 saturated carbocycles. The van der Waals surface area contributed by atoms with Crippen LogP contribution in [0.4, 0.5) is 0 Å². The van der Waals surface area contributed by atoms with E-state index in [1.165, 1.54) is 16.7 Å². The fourth-order valence-corrected chi connectivity index (χ4v) is 2.24. The van der Waals surface area contributed by atoms with E-state index < -0.39 is 0 Å². The summed E-state index contributed by atoms with van der Waals surface area (Å²) >= 11 is 5.95. The van der Waals surface area contributed by atoms with Crippen molar-refractivity contribution in [1.82, 2.24) is 5.32 Å². The molecular weight excluding hydrogens is 270 g/mol. The van der Waals surface area contributed by atoms with Crippen LogP contribution in [-0.2, 0) is 0 Å². The molecule has 0 aliphatic rings. The fourth-order valence-electron chi connectivity index (χ4n) is 2.06. The summed E-state index contributed by atoms with van der Waals surface area (Å²) in [5.41, 5.74) is 3.84. The molecule has 1 N–H and O–H groups in total. The monoisotopic (exact) mass is 289 g/mol. The van der Waals surface area contributed by atoms with E-state index in [1.54, 1.807) is 0 Å². The fraction of sp³-hybridized carbons (Fsp3) is 0.294. The summed E-state index contributed by atoms with van der Waals surface area (Å²) in [5, 5.41) is 3.98. The van der Waals surface area contributed by atoms with Crippen LogP contribution >= 0.6 is 11.6 Å². The van der Waals surface area contributed by atoms with E-state index in [0.29, 0.717) is 11.6 Å². The number of likely N-dealkylation sites (N-methyl/N-ethyl adjacent to an activating group) is 1. The molecule has 0 fully saturated rings. The molecule has 0 radical (unpaired) electrons. The predicted octanol–water partition coefficient (Wildman–Crippen LogP) is 4.30. The first-order valence-corrected chi connectivity index (χ1v) is 7.10. The van der Waals surface area contributed by atoms with Crippen molar-refractivity contribution in [3.05, 3.63) is 64.2 Å². The lowest BCUT2D eigenvalue weighted by molar-refractivity contribution is 0.273. The zero-order valence-electron chi connectivity index (χ0n) is 12.1. The molecule has 0 aromatic heterocycles. The lowest BCUT2D eigenvalue weighted by Gasteiger charge is -2.18. The summed E-state index contributed by atoms with van der Waals surface area (Å²) in [6, 6.07) is 14.1. The van der Waals surface area contributed by atoms with Crippen LogP contribution < -0.4 is 10.1 Å². The van der Waals surface area contributed by atoms with Crippen molar-refractivity contribution in [3.63, 3.8) is 0 Å². The van der Waals surface area contributed by atoms with Gasteiger partial charge in [0.2, 0.25) is 0 Å². The maximum atomic E-state index is 5.95. The molecule has 2 aromatic rings. The largest absolute Gasteiger partial charge is 0.492 e. The Kier molecular flexibility index (Phi) is 5.05. The van der Waals surface area contributed by atoms with Gasteiger partial charge in [0.25, 0.3) is 0 Å². The third kappa shape index (κ3) is 3.75. The Labute approximate surface area is 125 Å². The van der Waals surface area contributed by atoms with E-state index in [9.17, 15) is 0 Å². The molecular formula is C17H20ClNO. The number of benzene rings is 2. The van der Waals surface area contributed by atoms with Crippen LogP contribution in [0.15, 0.2) is 42.5 Å². The molecule has 1 atom stereocenters. The van der Waals surface area contributed by atoms with Crippen molar-refractivity contribution in [3.8, 4) is 5.75 Å². The number of hydrogen-bond donors (Lipinski definition) is 1. The molecule has 106 valence electrons. The molecule has 0 amide bonds. The smallest absolute Gasteiger partial charge is 0.120 e. The Morgan fingerprint density at radius 2 is 1.90 bits per heavy atom. The number of aryl methyl sites for hydroxylation is 2. The van der Waals surface area contributed by atoms with Crippen LogP contribution in [0, 0.1) is 13.8 Å². The molecule has 0 heterocycles. The maximum Gasteiger partial charge on any atom is 0.120 e. The number of nitrogens with one attached hydrogen (secondary N) is 1. The summed E-state index contributed by atoms with van der Waals surface area (Å²) in [7, 11) is 1.95. The van der Waals surface area contributed by atoms with Gasteiger partial charge in [-0.05, 0) is 55.8 Å². The van der Waals surface area contributed by atoms with Crippen LogP contribution in [0.3, 0.4) is 0 Å². The van der Waals surface area contributed by atoms with Crippen LogP contribution in [0.5, 0.6) is 5.75 Å². The predicted molar refractivity (Wildman–Crippen MR) is 84.7 cm³/mol. The highest BCUT2D eigenvalue weighted by Gasteiger charge is 2.11. The van der Waals surface area contributed by atoms with Gasteiger partial charge in [0.15, 0.2) is 0 Å². The Morgan fingerprint density at radius 1 is 1.10 bits per heavy atom. The second-order valence-corrected chi connectivity index (χ2v) is 5.39. The van der Waals surface area contributed by atoms with Crippen molar-refractivity contribution in [2.24, 2.45) is 0 Å². The van der Waals surface area contributed by atoms with Crippen LogP contribution in [-0.4, -0.2) is 13.7 Å². The molecule has 0 aliphatic carbocycles. The van der Waals surface area contributed by atoms with Gasteiger partial charge in [0, 0.05) is 5.02 Å². The number of ether oxygens (including phenoxy) is 1. The molecule has 20 heavy (non-hydrogen) atoms. The minimum Gasteiger partial charge on any atom is -0.492 e. The Morgan fingerprint density at radius 3 is 2.55 bits per heavy atom. The zero-order chi connectivity index (χ0) is 14.5. The first-order chi connectivity index (χ1) is 9.60. The van der Waals surface area contributed by atoms with Gasteiger partial charge in [0.1, 0.15) is 12.4 Å². The van der Waals surface area contributed by atoms with E-state index in [0.717, 1.165) is 5.75 Å². The van der Waals surface area contributed by atoms with Gasteiger partial charge in [-0.15, -0.1) is 0 Å². The first-order valence-electron chi connectivity index (χ1n) is 6.73. The second kappa shape index (κ2) is 6.78. The minimum atomic E-state index is 0.160. The molecule has 2 nitrogen and oxygen atoms in total. The van der Waals surface area contributed by atoms with Gasteiger partial charge in [-0.2, -0.15) is 0 Å². The molecule has 0 spiro atoms. The summed E-state index contributed by atoms with van der Waals surface area (Å²) in [6.07, 6.45) is 0. The summed E-state index contributed by atoms with van der Waals surface area (Å²) in [4.78, 5) is 0. The summed E-state index contributed by atoms with van der Waals surface area (Å²) in [5.74, 6) is 0.793. The topological polar surface area (TPSA) is 21.3 Å². The Hall–Kier alpha value is -1.51. The third-order valence-electron chi connectivity index (χ3n) is 3.49. The molecule has 0 saturated heterocycles. The normalized spacial score (nSPS) is 12.2. The highest BCUT2D eigenvalue weighted by molar-refractivity contribution is 6.30. The third-order valence-corrected chi connectivity index (χ3v) is 3.73. The molecule has 3 heteroatoms. The number of halogens is 1. The van der Waals surface area contributed by atoms with Gasteiger partial charge < -0.3 is 10.1 Å². The zero-order valence-corrected chi connectivity index (χ0v) is 12.9. The van der Waals surface area contributed by atoms with E-state index >= 15 is 0 Å². The highest BCUT2D eigenvalue weighted by Crippen LogP contribution is 2.21. The van der Waals surface area contributed by atoms with Gasteiger partial charge in [-0.3, -0.25) is 0 Å². The number of rotatable bonds is 5. The molecule has 0 bridgehead atoms. The van der Waals surface area contributed by atoms with Crippen LogP contribution in [0.2, 0.25) is 5.02 Å². The SMILES string of the molecule is CNC(COc1cccc(Cl)c1)c1ccc(C)c(C)c1. The van der Waals surface area contributed by atoms with E-state index in [1.807, 2.05) is 31.3 Å². The Balaban J connectivity index is 2.07. The standard InChI is InChI=1S/C17H20ClNO/c1-12-7-8-14(9-13(12)2)17(19-3)11-20-16-6-4-5-15(18)10-16/h4-10,17,19H,11H2,1-3H3. The molecule has 1 unspecified atom stereocenters. The Bertz CT molecular complexity index is 583. The van der Waals surface area contributed by atoms with Crippen LogP contribution in [0.25, 0.3) is 0 Å². The van der Waals surface area contributed by atoms with E-state index in [-0.39, 0.29) is 6.04 Å². The lowest BCUT2D eigenvalue weighted by atomic mass is 10.0. The quantitative estimate of drug-likeness (QED) is 0.886. The van der Waals surface area contributed by atoms with Gasteiger partial charge in [-0.1, -0.05) is 35.9 Å². The maximum absolute atomic E-state index is 5.95. The summed E-state index contributed by atoms with van der Waals surface area (Å²) < 4.78 is 5.82. The van der Waals surface area contributed by atoms with Crippen molar-refractivity contribution < 1.29 is 4.74 Å². The minimum absolute atomic E-state index is 0.160. The second-order valence-electron chi connectivity index (χ2n) is 4.95. The van der Waals surface area contributed by atoms with Crippen molar-refractivity contribution >= 4 is 11.6 Å². The van der Waals surface area contributed by atoms with Crippen LogP contribution in [0.1, 0.15) is 22.7 Å². The average Bonchev–Trinajstić information content (AvgIpc) is 2.43. The highest BCUT2D eigenvalue weighted by atomic mass is 35.5. The summed E-state index contributed by atoms with van der Waals surface area (Å²) in [6.45, 7) is 4.82. The number of hydrogen-bond acceptors (Lipinski definition) is 2. The molecule has 2 rings (SSSR count). The van der Waals surface area contributed by atoms with Crippen molar-refractivity contribution in [2.75, 3.05) is 13.7 Å². The lowest BCUT2D eigenvalue weighted by Crippen LogP contribution is -2.23. The van der Waals surface area contributed by atoms with E-state index in [2.05, 4.69) is 37.4 Å². The van der Waals surface area contributed by atoms with Gasteiger partial charge >= 0.3 is 0 Å². The van der Waals surface area contributed by atoms with Crippen molar-refractivity contribution in [1.29, 1.82) is 0 Å². The van der Waals surface area contributed by atoms with Gasteiger partial charge in [0.05, 0.1) is 6.04 Å². The molecule has 0 aliphatic heterocycles.